The van der Waals surface area contributed by atoms with Gasteiger partial charge in [0, 0.05) is 12.2 Å². The summed E-state index contributed by atoms with van der Waals surface area (Å²) in [6, 6.07) is 25.1. The molecule has 0 amide bonds. The van der Waals surface area contributed by atoms with Crippen molar-refractivity contribution in [2.24, 2.45) is 0 Å². The fraction of sp³-hybridized carbons (Fsp3) is 0.100. The molecule has 0 bridgehead atoms. The number of para-hydroxylation sites is 1. The van der Waals surface area contributed by atoms with Crippen molar-refractivity contribution in [3.8, 4) is 11.5 Å². The Morgan fingerprint density at radius 3 is 2.25 bits per heavy atom. The van der Waals surface area contributed by atoms with Gasteiger partial charge in [0.2, 0.25) is 0 Å². The molecule has 0 atom stereocenters. The van der Waals surface area contributed by atoms with Crippen molar-refractivity contribution in [2.75, 3.05) is 5.43 Å². The molecule has 0 spiro atoms. The summed E-state index contributed by atoms with van der Waals surface area (Å²) < 4.78 is 5.73. The maximum absolute atomic E-state index is 9.96. The standard InChI is InChI=1S/C20H20N2O2/c23-19-12-11-17(14-21-22-18-9-5-2-6-10-18)13-20(19)24-15-16-7-3-1-4-8-16/h1-13,21-23H,14-15H2. The first-order valence-corrected chi connectivity index (χ1v) is 7.84. The lowest BCUT2D eigenvalue weighted by Crippen LogP contribution is -2.20. The maximum atomic E-state index is 9.96. The molecule has 4 nitrogen and oxygen atoms in total. The number of anilines is 1. The van der Waals surface area contributed by atoms with Crippen LogP contribution in [0.3, 0.4) is 0 Å². The smallest absolute Gasteiger partial charge is 0.161 e. The van der Waals surface area contributed by atoms with Gasteiger partial charge in [-0.15, -0.1) is 0 Å². The normalized spacial score (nSPS) is 10.3. The van der Waals surface area contributed by atoms with E-state index in [9.17, 15) is 5.11 Å². The lowest BCUT2D eigenvalue weighted by Gasteiger charge is -2.12. The van der Waals surface area contributed by atoms with Crippen molar-refractivity contribution in [3.63, 3.8) is 0 Å². The molecule has 24 heavy (non-hydrogen) atoms. The molecule has 0 aliphatic heterocycles. The molecular weight excluding hydrogens is 300 g/mol. The summed E-state index contributed by atoms with van der Waals surface area (Å²) in [5.41, 5.74) is 9.35. The number of benzene rings is 3. The Kier molecular flexibility index (Phi) is 5.32. The zero-order valence-corrected chi connectivity index (χ0v) is 13.3. The van der Waals surface area contributed by atoms with Gasteiger partial charge in [-0.2, -0.15) is 0 Å². The van der Waals surface area contributed by atoms with E-state index in [-0.39, 0.29) is 5.75 Å². The van der Waals surface area contributed by atoms with Crippen molar-refractivity contribution in [2.45, 2.75) is 13.2 Å². The number of nitrogens with one attached hydrogen (secondary N) is 2. The Labute approximate surface area is 141 Å². The number of hydrogen-bond acceptors (Lipinski definition) is 4. The first kappa shape index (κ1) is 15.9. The molecule has 3 aromatic rings. The van der Waals surface area contributed by atoms with Crippen LogP contribution in [0.25, 0.3) is 0 Å². The predicted octanol–water partition coefficient (Wildman–Crippen LogP) is 4.09. The van der Waals surface area contributed by atoms with Crippen LogP contribution in [0.15, 0.2) is 78.9 Å². The molecule has 0 aliphatic carbocycles. The minimum absolute atomic E-state index is 0.144. The third kappa shape index (κ3) is 4.51. The Bertz CT molecular complexity index is 761. The molecule has 0 aliphatic rings. The van der Waals surface area contributed by atoms with E-state index < -0.39 is 0 Å². The summed E-state index contributed by atoms with van der Waals surface area (Å²) >= 11 is 0. The van der Waals surface area contributed by atoms with Gasteiger partial charge in [0.1, 0.15) is 6.61 Å². The van der Waals surface area contributed by atoms with Gasteiger partial charge in [-0.1, -0.05) is 54.6 Å². The van der Waals surface area contributed by atoms with Gasteiger partial charge in [-0.3, -0.25) is 0 Å². The van der Waals surface area contributed by atoms with Gasteiger partial charge in [-0.05, 0) is 35.4 Å². The largest absolute Gasteiger partial charge is 0.504 e. The van der Waals surface area contributed by atoms with Crippen LogP contribution in [-0.2, 0) is 13.2 Å². The highest BCUT2D eigenvalue weighted by Crippen LogP contribution is 2.27. The molecule has 4 heteroatoms. The number of hydrogen-bond donors (Lipinski definition) is 3. The minimum Gasteiger partial charge on any atom is -0.504 e. The van der Waals surface area contributed by atoms with Crippen LogP contribution in [0.1, 0.15) is 11.1 Å². The third-order valence-electron chi connectivity index (χ3n) is 3.56. The SMILES string of the molecule is Oc1ccc(CNNc2ccccc2)cc1OCc1ccccc1. The topological polar surface area (TPSA) is 53.5 Å². The van der Waals surface area contributed by atoms with Crippen LogP contribution in [0, 0.1) is 0 Å². The van der Waals surface area contributed by atoms with Crippen molar-refractivity contribution in [1.82, 2.24) is 5.43 Å². The Morgan fingerprint density at radius 1 is 0.792 bits per heavy atom. The number of hydrazine groups is 1. The molecule has 0 unspecified atom stereocenters. The summed E-state index contributed by atoms with van der Waals surface area (Å²) in [7, 11) is 0. The number of ether oxygens (including phenoxy) is 1. The second-order valence-electron chi connectivity index (χ2n) is 5.42. The van der Waals surface area contributed by atoms with E-state index in [1.807, 2.05) is 72.8 Å². The van der Waals surface area contributed by atoms with E-state index in [1.165, 1.54) is 0 Å². The number of phenols is 1. The monoisotopic (exact) mass is 320 g/mol. The molecule has 0 radical (unpaired) electrons. The minimum atomic E-state index is 0.144. The molecule has 122 valence electrons. The van der Waals surface area contributed by atoms with E-state index >= 15 is 0 Å². The molecule has 0 heterocycles. The molecule has 3 N–H and O–H groups in total. The molecule has 0 saturated carbocycles. The summed E-state index contributed by atoms with van der Waals surface area (Å²) in [6.07, 6.45) is 0. The Hall–Kier alpha value is -2.98. The number of aromatic hydroxyl groups is 1. The molecular formula is C20H20N2O2. The van der Waals surface area contributed by atoms with Gasteiger partial charge in [-0.25, -0.2) is 5.43 Å². The van der Waals surface area contributed by atoms with Crippen LogP contribution in [0.4, 0.5) is 5.69 Å². The first-order chi connectivity index (χ1) is 11.8. The van der Waals surface area contributed by atoms with Crippen molar-refractivity contribution in [3.05, 3.63) is 90.0 Å². The van der Waals surface area contributed by atoms with Crippen LogP contribution in [-0.4, -0.2) is 5.11 Å². The summed E-state index contributed by atoms with van der Waals surface area (Å²) in [5.74, 6) is 0.628. The third-order valence-corrected chi connectivity index (χ3v) is 3.56. The summed E-state index contributed by atoms with van der Waals surface area (Å²) in [5, 5.41) is 9.96. The van der Waals surface area contributed by atoms with Crippen LogP contribution in [0.5, 0.6) is 11.5 Å². The average Bonchev–Trinajstić information content (AvgIpc) is 2.64. The van der Waals surface area contributed by atoms with Crippen molar-refractivity contribution < 1.29 is 9.84 Å². The Morgan fingerprint density at radius 2 is 1.50 bits per heavy atom. The fourth-order valence-corrected chi connectivity index (χ4v) is 2.29. The van der Waals surface area contributed by atoms with Crippen molar-refractivity contribution >= 4 is 5.69 Å². The van der Waals surface area contributed by atoms with E-state index in [2.05, 4.69) is 10.9 Å². The van der Waals surface area contributed by atoms with Crippen LogP contribution >= 0.6 is 0 Å². The van der Waals surface area contributed by atoms with E-state index in [0.29, 0.717) is 18.9 Å². The average molecular weight is 320 g/mol. The summed E-state index contributed by atoms with van der Waals surface area (Å²) in [4.78, 5) is 0. The highest BCUT2D eigenvalue weighted by molar-refractivity contribution is 5.43. The lowest BCUT2D eigenvalue weighted by molar-refractivity contribution is 0.288. The molecule has 0 fully saturated rings. The highest BCUT2D eigenvalue weighted by atomic mass is 16.5. The Balaban J connectivity index is 1.57. The first-order valence-electron chi connectivity index (χ1n) is 7.84. The lowest BCUT2D eigenvalue weighted by atomic mass is 10.2. The zero-order chi connectivity index (χ0) is 16.6. The van der Waals surface area contributed by atoms with Crippen LogP contribution < -0.4 is 15.6 Å². The number of phenolic OH excluding ortho intramolecular Hbond substituents is 1. The van der Waals surface area contributed by atoms with E-state index in [4.69, 9.17) is 4.74 Å². The molecule has 0 saturated heterocycles. The molecule has 3 rings (SSSR count). The van der Waals surface area contributed by atoms with Gasteiger partial charge in [0.25, 0.3) is 0 Å². The van der Waals surface area contributed by atoms with Crippen molar-refractivity contribution in [1.29, 1.82) is 0 Å². The van der Waals surface area contributed by atoms with Gasteiger partial charge in [0.05, 0.1) is 0 Å². The van der Waals surface area contributed by atoms with Gasteiger partial charge >= 0.3 is 0 Å². The van der Waals surface area contributed by atoms with E-state index in [1.54, 1.807) is 6.07 Å². The van der Waals surface area contributed by atoms with Gasteiger partial charge < -0.3 is 15.3 Å². The fourth-order valence-electron chi connectivity index (χ4n) is 2.29. The quantitative estimate of drug-likeness (QED) is 0.574. The number of rotatable bonds is 7. The molecule has 0 aromatic heterocycles. The summed E-state index contributed by atoms with van der Waals surface area (Å²) in [6.45, 7) is 1.03. The second kappa shape index (κ2) is 8.04. The second-order valence-corrected chi connectivity index (χ2v) is 5.42. The zero-order valence-electron chi connectivity index (χ0n) is 13.3. The predicted molar refractivity (Wildman–Crippen MR) is 95.8 cm³/mol. The van der Waals surface area contributed by atoms with Gasteiger partial charge in [0.15, 0.2) is 11.5 Å². The molecule has 3 aromatic carbocycles. The van der Waals surface area contributed by atoms with E-state index in [0.717, 1.165) is 16.8 Å². The highest BCUT2D eigenvalue weighted by Gasteiger charge is 2.05. The van der Waals surface area contributed by atoms with Crippen LogP contribution in [0.2, 0.25) is 0 Å². The maximum Gasteiger partial charge on any atom is 0.161 e.